The van der Waals surface area contributed by atoms with Crippen LogP contribution in [0.15, 0.2) is 18.2 Å². The Hall–Kier alpha value is -1.95. The molecule has 0 aromatic heterocycles. The molecule has 0 bridgehead atoms. The van der Waals surface area contributed by atoms with E-state index in [1.807, 2.05) is 18.2 Å². The molecule has 2 fully saturated rings. The maximum Gasteiger partial charge on any atom is 0.315 e. The number of benzene rings is 1. The zero-order valence-corrected chi connectivity index (χ0v) is 13.9. The van der Waals surface area contributed by atoms with Crippen LogP contribution in [0, 0.1) is 0 Å². The van der Waals surface area contributed by atoms with Crippen molar-refractivity contribution in [2.24, 2.45) is 0 Å². The standard InChI is InChI=1S/C18H25N3O3/c22-18(20-14-6-9-21(10-7-14)15-2-3-15)19-8-5-13-1-4-16-17(11-13)24-12-23-16/h1,4,11,14-15H,2-3,5-10,12H2,(H2,19,20,22). The Morgan fingerprint density at radius 2 is 1.92 bits per heavy atom. The first kappa shape index (κ1) is 15.6. The molecule has 1 aliphatic carbocycles. The van der Waals surface area contributed by atoms with Gasteiger partial charge in [-0.3, -0.25) is 0 Å². The fourth-order valence-electron chi connectivity index (χ4n) is 3.50. The van der Waals surface area contributed by atoms with Gasteiger partial charge in [0.25, 0.3) is 0 Å². The molecule has 3 aliphatic rings. The van der Waals surface area contributed by atoms with E-state index in [1.165, 1.54) is 12.8 Å². The number of amides is 2. The van der Waals surface area contributed by atoms with Crippen LogP contribution >= 0.6 is 0 Å². The van der Waals surface area contributed by atoms with E-state index >= 15 is 0 Å². The van der Waals surface area contributed by atoms with Crippen molar-refractivity contribution in [2.45, 2.75) is 44.2 Å². The molecule has 1 saturated heterocycles. The van der Waals surface area contributed by atoms with Crippen molar-refractivity contribution in [3.8, 4) is 11.5 Å². The minimum absolute atomic E-state index is 0.0550. The summed E-state index contributed by atoms with van der Waals surface area (Å²) in [5.74, 6) is 1.58. The second kappa shape index (κ2) is 6.89. The van der Waals surface area contributed by atoms with E-state index < -0.39 is 0 Å². The number of hydrogen-bond donors (Lipinski definition) is 2. The maximum atomic E-state index is 12.0. The lowest BCUT2D eigenvalue weighted by Gasteiger charge is -2.32. The molecule has 0 spiro atoms. The van der Waals surface area contributed by atoms with E-state index in [0.717, 1.165) is 55.5 Å². The third-order valence-corrected chi connectivity index (χ3v) is 5.06. The number of fused-ring (bicyclic) bond motifs is 1. The summed E-state index contributed by atoms with van der Waals surface area (Å²) in [4.78, 5) is 14.6. The van der Waals surface area contributed by atoms with Crippen LogP contribution in [-0.2, 0) is 6.42 Å². The van der Waals surface area contributed by atoms with Crippen LogP contribution in [-0.4, -0.2) is 49.4 Å². The average molecular weight is 331 g/mol. The predicted molar refractivity (Wildman–Crippen MR) is 90.4 cm³/mol. The molecular formula is C18H25N3O3. The summed E-state index contributed by atoms with van der Waals surface area (Å²) in [6, 6.07) is 7.01. The van der Waals surface area contributed by atoms with E-state index in [-0.39, 0.29) is 6.03 Å². The minimum Gasteiger partial charge on any atom is -0.454 e. The van der Waals surface area contributed by atoms with E-state index in [0.29, 0.717) is 19.4 Å². The second-order valence-electron chi connectivity index (χ2n) is 6.88. The quantitative estimate of drug-likeness (QED) is 0.865. The van der Waals surface area contributed by atoms with Crippen molar-refractivity contribution in [1.29, 1.82) is 0 Å². The normalized spacial score (nSPS) is 20.8. The van der Waals surface area contributed by atoms with Crippen LogP contribution in [0.1, 0.15) is 31.2 Å². The smallest absolute Gasteiger partial charge is 0.315 e. The van der Waals surface area contributed by atoms with Crippen LogP contribution in [0.3, 0.4) is 0 Å². The topological polar surface area (TPSA) is 62.8 Å². The van der Waals surface area contributed by atoms with Crippen LogP contribution < -0.4 is 20.1 Å². The molecule has 2 N–H and O–H groups in total. The highest BCUT2D eigenvalue weighted by atomic mass is 16.7. The van der Waals surface area contributed by atoms with Gasteiger partial charge in [0, 0.05) is 31.7 Å². The lowest BCUT2D eigenvalue weighted by atomic mass is 10.1. The average Bonchev–Trinajstić information content (AvgIpc) is 3.33. The van der Waals surface area contributed by atoms with E-state index in [2.05, 4.69) is 15.5 Å². The number of carbonyl (C=O) groups excluding carboxylic acids is 1. The molecule has 4 rings (SSSR count). The van der Waals surface area contributed by atoms with Crippen molar-refractivity contribution in [3.05, 3.63) is 23.8 Å². The molecule has 130 valence electrons. The second-order valence-corrected chi connectivity index (χ2v) is 6.88. The van der Waals surface area contributed by atoms with Gasteiger partial charge in [-0.1, -0.05) is 6.07 Å². The van der Waals surface area contributed by atoms with Gasteiger partial charge in [-0.05, 0) is 49.8 Å². The van der Waals surface area contributed by atoms with Crippen LogP contribution in [0.5, 0.6) is 11.5 Å². The molecule has 6 nitrogen and oxygen atoms in total. The molecule has 2 aliphatic heterocycles. The summed E-state index contributed by atoms with van der Waals surface area (Å²) in [5.41, 5.74) is 1.14. The fourth-order valence-corrected chi connectivity index (χ4v) is 3.50. The summed E-state index contributed by atoms with van der Waals surface area (Å²) in [6.07, 6.45) is 5.62. The Morgan fingerprint density at radius 3 is 2.71 bits per heavy atom. The van der Waals surface area contributed by atoms with Crippen molar-refractivity contribution in [3.63, 3.8) is 0 Å². The highest BCUT2D eigenvalue weighted by Crippen LogP contribution is 2.32. The van der Waals surface area contributed by atoms with E-state index in [9.17, 15) is 4.79 Å². The van der Waals surface area contributed by atoms with Crippen LogP contribution in [0.25, 0.3) is 0 Å². The SMILES string of the molecule is O=C(NCCc1ccc2c(c1)OCO2)NC1CCN(C2CC2)CC1. The van der Waals surface area contributed by atoms with Crippen LogP contribution in [0.4, 0.5) is 4.79 Å². The Morgan fingerprint density at radius 1 is 1.12 bits per heavy atom. The zero-order valence-electron chi connectivity index (χ0n) is 13.9. The molecule has 0 radical (unpaired) electrons. The number of nitrogens with one attached hydrogen (secondary N) is 2. The Labute approximate surface area is 142 Å². The number of likely N-dealkylation sites (tertiary alicyclic amines) is 1. The highest BCUT2D eigenvalue weighted by Gasteiger charge is 2.32. The first-order valence-electron chi connectivity index (χ1n) is 8.95. The van der Waals surface area contributed by atoms with Crippen molar-refractivity contribution >= 4 is 6.03 Å². The van der Waals surface area contributed by atoms with Crippen LogP contribution in [0.2, 0.25) is 0 Å². The lowest BCUT2D eigenvalue weighted by molar-refractivity contribution is 0.174. The number of nitrogens with zero attached hydrogens (tertiary/aromatic N) is 1. The molecule has 2 amide bonds. The maximum absolute atomic E-state index is 12.0. The molecule has 0 atom stereocenters. The third-order valence-electron chi connectivity index (χ3n) is 5.06. The first-order valence-corrected chi connectivity index (χ1v) is 8.95. The van der Waals surface area contributed by atoms with Gasteiger partial charge in [0.05, 0.1) is 0 Å². The lowest BCUT2D eigenvalue weighted by Crippen LogP contribution is -2.48. The van der Waals surface area contributed by atoms with Gasteiger partial charge in [0.15, 0.2) is 11.5 Å². The molecule has 1 aromatic rings. The number of ether oxygens (including phenoxy) is 2. The summed E-state index contributed by atoms with van der Waals surface area (Å²) in [6.45, 7) is 3.14. The molecular weight excluding hydrogens is 306 g/mol. The predicted octanol–water partition coefficient (Wildman–Crippen LogP) is 1.88. The number of hydrogen-bond acceptors (Lipinski definition) is 4. The molecule has 0 unspecified atom stereocenters. The Balaban J connectivity index is 1.16. The summed E-state index contributed by atoms with van der Waals surface area (Å²) in [5, 5.41) is 6.06. The third kappa shape index (κ3) is 3.75. The highest BCUT2D eigenvalue weighted by molar-refractivity contribution is 5.74. The molecule has 1 aromatic carbocycles. The summed E-state index contributed by atoms with van der Waals surface area (Å²) >= 11 is 0. The molecule has 6 heteroatoms. The van der Waals surface area contributed by atoms with Gasteiger partial charge in [-0.2, -0.15) is 0 Å². The van der Waals surface area contributed by atoms with E-state index in [4.69, 9.17) is 9.47 Å². The Bertz CT molecular complexity index is 595. The van der Waals surface area contributed by atoms with Gasteiger partial charge in [0.1, 0.15) is 0 Å². The minimum atomic E-state index is -0.0550. The van der Waals surface area contributed by atoms with Gasteiger partial charge >= 0.3 is 6.03 Å². The van der Waals surface area contributed by atoms with Crippen molar-refractivity contribution < 1.29 is 14.3 Å². The summed E-state index contributed by atoms with van der Waals surface area (Å²) < 4.78 is 10.7. The van der Waals surface area contributed by atoms with Gasteiger partial charge in [0.2, 0.25) is 6.79 Å². The van der Waals surface area contributed by atoms with Crippen molar-refractivity contribution in [2.75, 3.05) is 26.4 Å². The van der Waals surface area contributed by atoms with E-state index in [1.54, 1.807) is 0 Å². The van der Waals surface area contributed by atoms with Gasteiger partial charge in [-0.25, -0.2) is 4.79 Å². The largest absolute Gasteiger partial charge is 0.454 e. The number of rotatable bonds is 5. The molecule has 2 heterocycles. The first-order chi connectivity index (χ1) is 11.8. The number of carbonyl (C=O) groups is 1. The van der Waals surface area contributed by atoms with Gasteiger partial charge < -0.3 is 25.0 Å². The number of urea groups is 1. The number of piperidine rings is 1. The fraction of sp³-hybridized carbons (Fsp3) is 0.611. The molecule has 24 heavy (non-hydrogen) atoms. The van der Waals surface area contributed by atoms with Crippen molar-refractivity contribution in [1.82, 2.24) is 15.5 Å². The summed E-state index contributed by atoms with van der Waals surface area (Å²) in [7, 11) is 0. The zero-order chi connectivity index (χ0) is 16.4. The Kier molecular flexibility index (Phi) is 4.47. The molecule has 1 saturated carbocycles. The monoisotopic (exact) mass is 331 g/mol. The van der Waals surface area contributed by atoms with Gasteiger partial charge in [-0.15, -0.1) is 0 Å².